The molecule has 0 amide bonds. The van der Waals surface area contributed by atoms with Crippen LogP contribution in [-0.4, -0.2) is 12.6 Å². The molecule has 0 aliphatic carbocycles. The summed E-state index contributed by atoms with van der Waals surface area (Å²) >= 11 is 0. The van der Waals surface area contributed by atoms with Crippen molar-refractivity contribution in [3.05, 3.63) is 54.1 Å². The topological polar surface area (TPSA) is 26.3 Å². The summed E-state index contributed by atoms with van der Waals surface area (Å²) in [5.74, 6) is -0.186. The van der Waals surface area contributed by atoms with Crippen LogP contribution < -0.4 is 0 Å². The molecule has 1 aromatic carbocycles. The van der Waals surface area contributed by atoms with Gasteiger partial charge in [0.2, 0.25) is 0 Å². The molecule has 2 nitrogen and oxygen atoms in total. The Morgan fingerprint density at radius 1 is 1.29 bits per heavy atom. The predicted octanol–water partition coefficient (Wildman–Crippen LogP) is 3.60. The maximum Gasteiger partial charge on any atom is 0.309 e. The molecule has 0 saturated carbocycles. The third kappa shape index (κ3) is 5.16. The van der Waals surface area contributed by atoms with Crippen LogP contribution in [0, 0.1) is 0 Å². The van der Waals surface area contributed by atoms with Gasteiger partial charge in [-0.25, -0.2) is 0 Å². The first-order valence-electron chi connectivity index (χ1n) is 5.78. The number of allylic oxidation sites excluding steroid dienone is 3. The Morgan fingerprint density at radius 3 is 2.65 bits per heavy atom. The highest BCUT2D eigenvalue weighted by Crippen LogP contribution is 2.12. The molecule has 0 atom stereocenters. The molecule has 0 bridgehead atoms. The van der Waals surface area contributed by atoms with E-state index in [4.69, 9.17) is 4.74 Å². The van der Waals surface area contributed by atoms with Gasteiger partial charge in [0, 0.05) is 0 Å². The highest BCUT2D eigenvalue weighted by Gasteiger charge is 1.95. The zero-order valence-electron chi connectivity index (χ0n) is 10.3. The predicted molar refractivity (Wildman–Crippen MR) is 70.5 cm³/mol. The van der Waals surface area contributed by atoms with E-state index >= 15 is 0 Å². The number of hydrogen-bond acceptors (Lipinski definition) is 2. The third-order valence-corrected chi connectivity index (χ3v) is 2.30. The molecule has 1 aromatic rings. The Balaban J connectivity index is 2.48. The van der Waals surface area contributed by atoms with Crippen LogP contribution >= 0.6 is 0 Å². The van der Waals surface area contributed by atoms with Crippen molar-refractivity contribution < 1.29 is 9.53 Å². The molecule has 0 aliphatic rings. The van der Waals surface area contributed by atoms with Crippen LogP contribution in [0.4, 0.5) is 0 Å². The maximum atomic E-state index is 11.1. The smallest absolute Gasteiger partial charge is 0.309 e. The van der Waals surface area contributed by atoms with E-state index in [-0.39, 0.29) is 5.97 Å². The van der Waals surface area contributed by atoms with Crippen LogP contribution in [0.3, 0.4) is 0 Å². The lowest BCUT2D eigenvalue weighted by molar-refractivity contribution is -0.142. The summed E-state index contributed by atoms with van der Waals surface area (Å²) in [4.78, 5) is 11.1. The van der Waals surface area contributed by atoms with Gasteiger partial charge in [-0.2, -0.15) is 0 Å². The van der Waals surface area contributed by atoms with Crippen molar-refractivity contribution in [3.63, 3.8) is 0 Å². The fourth-order valence-corrected chi connectivity index (χ4v) is 1.39. The molecule has 0 N–H and O–H groups in total. The van der Waals surface area contributed by atoms with E-state index < -0.39 is 0 Å². The van der Waals surface area contributed by atoms with Crippen LogP contribution in [-0.2, 0) is 9.53 Å². The molecule has 0 aliphatic heterocycles. The molecule has 2 heteroatoms. The zero-order valence-corrected chi connectivity index (χ0v) is 10.3. The summed E-state index contributed by atoms with van der Waals surface area (Å²) < 4.78 is 4.82. The molecule has 0 unspecified atom stereocenters. The number of carbonyl (C=O) groups excluding carboxylic acids is 1. The van der Waals surface area contributed by atoms with E-state index in [9.17, 15) is 4.79 Å². The third-order valence-electron chi connectivity index (χ3n) is 2.30. The number of benzene rings is 1. The Bertz CT molecular complexity index is 402. The van der Waals surface area contributed by atoms with Crippen molar-refractivity contribution in [2.45, 2.75) is 20.3 Å². The highest BCUT2D eigenvalue weighted by atomic mass is 16.5. The van der Waals surface area contributed by atoms with Crippen molar-refractivity contribution in [2.75, 3.05) is 6.61 Å². The number of hydrogen-bond donors (Lipinski definition) is 0. The molecule has 90 valence electrons. The molecular formula is C15H18O2. The Morgan fingerprint density at radius 2 is 2.00 bits per heavy atom. The first-order chi connectivity index (χ1) is 8.24. The Kier molecular flexibility index (Phi) is 5.80. The lowest BCUT2D eigenvalue weighted by atomic mass is 10.1. The summed E-state index contributed by atoms with van der Waals surface area (Å²) in [7, 11) is 0. The summed E-state index contributed by atoms with van der Waals surface area (Å²) in [6, 6.07) is 10.1. The van der Waals surface area contributed by atoms with E-state index in [1.165, 1.54) is 11.1 Å². The highest BCUT2D eigenvalue weighted by molar-refractivity contribution is 5.71. The quantitative estimate of drug-likeness (QED) is 0.570. The average molecular weight is 230 g/mol. The van der Waals surface area contributed by atoms with Crippen molar-refractivity contribution in [2.24, 2.45) is 0 Å². The van der Waals surface area contributed by atoms with E-state index in [2.05, 4.69) is 12.1 Å². The van der Waals surface area contributed by atoms with Crippen LogP contribution in [0.2, 0.25) is 0 Å². The van der Waals surface area contributed by atoms with E-state index in [0.717, 1.165) is 0 Å². The number of ether oxygens (including phenoxy) is 1. The fourth-order valence-electron chi connectivity index (χ4n) is 1.39. The second-order valence-corrected chi connectivity index (χ2v) is 3.65. The Hall–Kier alpha value is -1.83. The van der Waals surface area contributed by atoms with Crippen LogP contribution in [0.1, 0.15) is 25.8 Å². The van der Waals surface area contributed by atoms with E-state index in [1.54, 1.807) is 6.92 Å². The molecule has 0 saturated heterocycles. The minimum Gasteiger partial charge on any atom is -0.466 e. The summed E-state index contributed by atoms with van der Waals surface area (Å²) in [6.07, 6.45) is 6.02. The second-order valence-electron chi connectivity index (χ2n) is 3.65. The molecule has 1 rings (SSSR count). The Labute approximate surface area is 103 Å². The number of rotatable bonds is 5. The summed E-state index contributed by atoms with van der Waals surface area (Å²) in [5.41, 5.74) is 2.36. The SMILES string of the molecule is CCOC(=O)C/C=C\C=C(\C)c1ccccc1. The summed E-state index contributed by atoms with van der Waals surface area (Å²) in [6.45, 7) is 4.29. The average Bonchev–Trinajstić information content (AvgIpc) is 2.36. The molecule has 0 radical (unpaired) electrons. The zero-order chi connectivity index (χ0) is 12.5. The molecule has 0 heterocycles. The van der Waals surface area contributed by atoms with Crippen molar-refractivity contribution in [3.8, 4) is 0 Å². The molecule has 17 heavy (non-hydrogen) atoms. The van der Waals surface area contributed by atoms with Gasteiger partial charge in [-0.05, 0) is 25.0 Å². The minimum atomic E-state index is -0.186. The van der Waals surface area contributed by atoms with E-state index in [1.807, 2.05) is 43.4 Å². The van der Waals surface area contributed by atoms with Gasteiger partial charge in [-0.3, -0.25) is 4.79 Å². The van der Waals surface area contributed by atoms with Crippen LogP contribution in [0.5, 0.6) is 0 Å². The van der Waals surface area contributed by atoms with Crippen molar-refractivity contribution in [1.82, 2.24) is 0 Å². The lowest BCUT2D eigenvalue weighted by Crippen LogP contribution is -2.01. The van der Waals surface area contributed by atoms with Gasteiger partial charge in [0.1, 0.15) is 0 Å². The van der Waals surface area contributed by atoms with Gasteiger partial charge in [-0.1, -0.05) is 48.6 Å². The van der Waals surface area contributed by atoms with Crippen LogP contribution in [0.15, 0.2) is 48.6 Å². The van der Waals surface area contributed by atoms with Crippen molar-refractivity contribution >= 4 is 11.5 Å². The van der Waals surface area contributed by atoms with Gasteiger partial charge in [-0.15, -0.1) is 0 Å². The van der Waals surface area contributed by atoms with Crippen molar-refractivity contribution in [1.29, 1.82) is 0 Å². The van der Waals surface area contributed by atoms with E-state index in [0.29, 0.717) is 13.0 Å². The maximum absolute atomic E-state index is 11.1. The first kappa shape index (κ1) is 13.2. The molecule has 0 fully saturated rings. The normalized spacial score (nSPS) is 11.8. The van der Waals surface area contributed by atoms with Gasteiger partial charge in [0.05, 0.1) is 13.0 Å². The van der Waals surface area contributed by atoms with Gasteiger partial charge in [0.25, 0.3) is 0 Å². The van der Waals surface area contributed by atoms with Gasteiger partial charge in [0.15, 0.2) is 0 Å². The lowest BCUT2D eigenvalue weighted by Gasteiger charge is -1.98. The molecular weight excluding hydrogens is 212 g/mol. The van der Waals surface area contributed by atoms with Gasteiger partial charge >= 0.3 is 5.97 Å². The molecule has 0 aromatic heterocycles. The minimum absolute atomic E-state index is 0.186. The molecule has 0 spiro atoms. The second kappa shape index (κ2) is 7.44. The van der Waals surface area contributed by atoms with Crippen LogP contribution in [0.25, 0.3) is 5.57 Å². The standard InChI is InChI=1S/C15H18O2/c1-3-17-15(16)12-8-7-9-13(2)14-10-5-4-6-11-14/h4-11H,3,12H2,1-2H3/b8-7-,13-9-. The summed E-state index contributed by atoms with van der Waals surface area (Å²) in [5, 5.41) is 0. The number of esters is 1. The first-order valence-corrected chi connectivity index (χ1v) is 5.78. The number of carbonyl (C=O) groups is 1. The monoisotopic (exact) mass is 230 g/mol. The largest absolute Gasteiger partial charge is 0.466 e. The fraction of sp³-hybridized carbons (Fsp3) is 0.267. The van der Waals surface area contributed by atoms with Gasteiger partial charge < -0.3 is 4.74 Å².